The van der Waals surface area contributed by atoms with E-state index in [1.165, 1.54) is 0 Å². The zero-order chi connectivity index (χ0) is 23.1. The van der Waals surface area contributed by atoms with Crippen LogP contribution in [0.3, 0.4) is 0 Å². The molecule has 0 saturated carbocycles. The first kappa shape index (κ1) is 22.6. The first-order valence-corrected chi connectivity index (χ1v) is 9.99. The van der Waals surface area contributed by atoms with Crippen LogP contribution in [-0.4, -0.2) is 17.9 Å². The van der Waals surface area contributed by atoms with E-state index in [0.717, 1.165) is 11.1 Å². The van der Waals surface area contributed by atoms with E-state index in [0.29, 0.717) is 17.0 Å². The molecule has 3 rings (SSSR count). The van der Waals surface area contributed by atoms with Crippen molar-refractivity contribution >= 4 is 23.6 Å². The van der Waals surface area contributed by atoms with Gasteiger partial charge in [-0.2, -0.15) is 0 Å². The molecule has 3 aromatic rings. The van der Waals surface area contributed by atoms with E-state index in [1.54, 1.807) is 62.4 Å². The second kappa shape index (κ2) is 9.78. The van der Waals surface area contributed by atoms with Crippen molar-refractivity contribution in [2.45, 2.75) is 25.9 Å². The van der Waals surface area contributed by atoms with Crippen LogP contribution in [0.5, 0.6) is 5.75 Å². The molecule has 7 nitrogen and oxygen atoms in total. The lowest BCUT2D eigenvalue weighted by atomic mass is 9.85. The molecule has 0 unspecified atom stereocenters. The molecule has 0 atom stereocenters. The van der Waals surface area contributed by atoms with Crippen molar-refractivity contribution < 1.29 is 19.1 Å². The minimum atomic E-state index is -0.863. The second-order valence-electron chi connectivity index (χ2n) is 7.68. The minimum Gasteiger partial charge on any atom is -0.460 e. The molecule has 0 radical (unpaired) electrons. The summed E-state index contributed by atoms with van der Waals surface area (Å²) in [5.74, 6) is -0.560. The standard InChI is InChI=1S/C25H25N3O4/c1-25(2,23(30)31-16-17-6-4-3-5-7-17)19-10-14-21(15-11-19)32-22(29)18-8-12-20(13-9-18)28-24(26)27/h3-15H,16H2,1-2H3,(H4,26,27,28). The summed E-state index contributed by atoms with van der Waals surface area (Å²) < 4.78 is 10.9. The van der Waals surface area contributed by atoms with E-state index >= 15 is 0 Å². The third-order valence-electron chi connectivity index (χ3n) is 4.87. The normalized spacial score (nSPS) is 10.8. The minimum absolute atomic E-state index is 0.0627. The first-order chi connectivity index (χ1) is 15.3. The molecular weight excluding hydrogens is 406 g/mol. The van der Waals surface area contributed by atoms with Crippen molar-refractivity contribution in [3.05, 3.63) is 95.6 Å². The quantitative estimate of drug-likeness (QED) is 0.254. The lowest BCUT2D eigenvalue weighted by molar-refractivity contribution is -0.150. The molecule has 3 aromatic carbocycles. The lowest BCUT2D eigenvalue weighted by Crippen LogP contribution is -2.31. The van der Waals surface area contributed by atoms with Gasteiger partial charge in [-0.3, -0.25) is 4.79 Å². The summed E-state index contributed by atoms with van der Waals surface area (Å²) in [7, 11) is 0. The molecule has 4 N–H and O–H groups in total. The third-order valence-corrected chi connectivity index (χ3v) is 4.87. The number of esters is 2. The Balaban J connectivity index is 1.62. The van der Waals surface area contributed by atoms with Gasteiger partial charge in [0.1, 0.15) is 12.4 Å². The number of nitrogens with two attached hydrogens (primary N) is 2. The van der Waals surface area contributed by atoms with Gasteiger partial charge in [-0.1, -0.05) is 42.5 Å². The van der Waals surface area contributed by atoms with Gasteiger partial charge < -0.3 is 20.9 Å². The van der Waals surface area contributed by atoms with E-state index in [4.69, 9.17) is 20.9 Å². The highest BCUT2D eigenvalue weighted by molar-refractivity contribution is 5.91. The fraction of sp³-hybridized carbons (Fsp3) is 0.160. The van der Waals surface area contributed by atoms with Gasteiger partial charge in [0, 0.05) is 0 Å². The van der Waals surface area contributed by atoms with Crippen molar-refractivity contribution in [1.29, 1.82) is 0 Å². The summed E-state index contributed by atoms with van der Waals surface area (Å²) in [6, 6.07) is 22.7. The second-order valence-corrected chi connectivity index (χ2v) is 7.68. The molecule has 0 fully saturated rings. The third kappa shape index (κ3) is 5.72. The number of nitrogens with zero attached hydrogens (tertiary/aromatic N) is 1. The Bertz CT molecular complexity index is 1100. The van der Waals surface area contributed by atoms with Gasteiger partial charge in [0.05, 0.1) is 16.7 Å². The van der Waals surface area contributed by atoms with Crippen molar-refractivity contribution in [3.8, 4) is 5.75 Å². The summed E-state index contributed by atoms with van der Waals surface area (Å²) in [5.41, 5.74) is 12.4. The number of hydrogen-bond donors (Lipinski definition) is 2. The van der Waals surface area contributed by atoms with E-state index < -0.39 is 11.4 Å². The van der Waals surface area contributed by atoms with E-state index in [9.17, 15) is 9.59 Å². The van der Waals surface area contributed by atoms with Crippen LogP contribution in [0.25, 0.3) is 0 Å². The number of guanidine groups is 1. The predicted molar refractivity (Wildman–Crippen MR) is 123 cm³/mol. The van der Waals surface area contributed by atoms with Gasteiger partial charge in [0.25, 0.3) is 0 Å². The molecule has 0 amide bonds. The Morgan fingerprint density at radius 3 is 2.09 bits per heavy atom. The summed E-state index contributed by atoms with van der Waals surface area (Å²) in [6.07, 6.45) is 0. The lowest BCUT2D eigenvalue weighted by Gasteiger charge is -2.23. The van der Waals surface area contributed by atoms with E-state index in [2.05, 4.69) is 4.99 Å². The topological polar surface area (TPSA) is 117 Å². The fourth-order valence-corrected chi connectivity index (χ4v) is 2.95. The number of carbonyl (C=O) groups is 2. The highest BCUT2D eigenvalue weighted by atomic mass is 16.5. The number of carbonyl (C=O) groups excluding carboxylic acids is 2. The molecule has 7 heteroatoms. The monoisotopic (exact) mass is 431 g/mol. The molecule has 32 heavy (non-hydrogen) atoms. The number of hydrogen-bond acceptors (Lipinski definition) is 5. The van der Waals surface area contributed by atoms with Gasteiger partial charge >= 0.3 is 11.9 Å². The Labute approximate surface area is 186 Å². The molecule has 0 aliphatic rings. The first-order valence-electron chi connectivity index (χ1n) is 9.99. The van der Waals surface area contributed by atoms with Gasteiger partial charge in [-0.25, -0.2) is 9.79 Å². The molecular formula is C25H25N3O4. The summed E-state index contributed by atoms with van der Waals surface area (Å²) in [6.45, 7) is 3.79. The average molecular weight is 431 g/mol. The van der Waals surface area contributed by atoms with Crippen molar-refractivity contribution in [2.75, 3.05) is 0 Å². The van der Waals surface area contributed by atoms with Crippen LogP contribution in [0.2, 0.25) is 0 Å². The summed E-state index contributed by atoms with van der Waals surface area (Å²) >= 11 is 0. The molecule has 0 aromatic heterocycles. The summed E-state index contributed by atoms with van der Waals surface area (Å²) in [4.78, 5) is 28.9. The SMILES string of the molecule is CC(C)(C(=O)OCc1ccccc1)c1ccc(OC(=O)c2ccc(N=C(N)N)cc2)cc1. The Morgan fingerprint density at radius 1 is 0.875 bits per heavy atom. The van der Waals surface area contributed by atoms with Gasteiger partial charge in [-0.05, 0) is 61.4 Å². The number of benzene rings is 3. The van der Waals surface area contributed by atoms with Crippen molar-refractivity contribution in [1.82, 2.24) is 0 Å². The number of aliphatic imine (C=N–C) groups is 1. The smallest absolute Gasteiger partial charge is 0.343 e. The van der Waals surface area contributed by atoms with Crippen LogP contribution in [-0.2, 0) is 21.6 Å². The fourth-order valence-electron chi connectivity index (χ4n) is 2.95. The molecule has 0 aliphatic carbocycles. The van der Waals surface area contributed by atoms with Gasteiger partial charge in [0.2, 0.25) is 0 Å². The highest BCUT2D eigenvalue weighted by Gasteiger charge is 2.31. The maximum absolute atomic E-state index is 12.6. The zero-order valence-corrected chi connectivity index (χ0v) is 17.9. The molecule has 0 bridgehead atoms. The van der Waals surface area contributed by atoms with Crippen LogP contribution in [0, 0.1) is 0 Å². The molecule has 0 aliphatic heterocycles. The maximum atomic E-state index is 12.6. The Hall–Kier alpha value is -4.13. The van der Waals surface area contributed by atoms with Crippen LogP contribution in [0.15, 0.2) is 83.9 Å². The Kier molecular flexibility index (Phi) is 6.90. The predicted octanol–water partition coefficient (Wildman–Crippen LogP) is 3.83. The van der Waals surface area contributed by atoms with Crippen molar-refractivity contribution in [2.24, 2.45) is 16.5 Å². The molecule has 0 spiro atoms. The number of rotatable bonds is 7. The van der Waals surface area contributed by atoms with Crippen LogP contribution in [0.1, 0.15) is 35.3 Å². The Morgan fingerprint density at radius 2 is 1.50 bits per heavy atom. The maximum Gasteiger partial charge on any atom is 0.343 e. The van der Waals surface area contributed by atoms with Crippen LogP contribution in [0.4, 0.5) is 5.69 Å². The highest BCUT2D eigenvalue weighted by Crippen LogP contribution is 2.27. The largest absolute Gasteiger partial charge is 0.460 e. The van der Waals surface area contributed by atoms with E-state index in [-0.39, 0.29) is 18.5 Å². The van der Waals surface area contributed by atoms with Crippen LogP contribution >= 0.6 is 0 Å². The van der Waals surface area contributed by atoms with Crippen molar-refractivity contribution in [3.63, 3.8) is 0 Å². The summed E-state index contributed by atoms with van der Waals surface area (Å²) in [5, 5.41) is 0. The number of ether oxygens (including phenoxy) is 2. The van der Waals surface area contributed by atoms with Gasteiger partial charge in [0.15, 0.2) is 5.96 Å². The van der Waals surface area contributed by atoms with Crippen LogP contribution < -0.4 is 16.2 Å². The molecule has 164 valence electrons. The van der Waals surface area contributed by atoms with Gasteiger partial charge in [-0.15, -0.1) is 0 Å². The zero-order valence-electron chi connectivity index (χ0n) is 17.9. The molecule has 0 saturated heterocycles. The van der Waals surface area contributed by atoms with E-state index in [1.807, 2.05) is 30.3 Å². The molecule has 0 heterocycles. The average Bonchev–Trinajstić information content (AvgIpc) is 2.78.